The number of nitrogens with one attached hydrogen (secondary N) is 1. The summed E-state index contributed by atoms with van der Waals surface area (Å²) in [5.41, 5.74) is 7.20. The van der Waals surface area contributed by atoms with Crippen LogP contribution in [0, 0.1) is 6.92 Å². The Balaban J connectivity index is 1.39. The lowest BCUT2D eigenvalue weighted by Crippen LogP contribution is -1.96. The van der Waals surface area contributed by atoms with Gasteiger partial charge in [-0.3, -0.25) is 15.1 Å². The lowest BCUT2D eigenvalue weighted by atomic mass is 10.1. The Morgan fingerprint density at radius 2 is 1.82 bits per heavy atom. The molecule has 0 unspecified atom stereocenters. The summed E-state index contributed by atoms with van der Waals surface area (Å²) < 4.78 is 1.63. The molecule has 6 rings (SSSR count). The summed E-state index contributed by atoms with van der Waals surface area (Å²) in [6, 6.07) is 17.4. The second-order valence-electron chi connectivity index (χ2n) is 7.51. The Kier molecular flexibility index (Phi) is 4.43. The van der Waals surface area contributed by atoms with Crippen molar-refractivity contribution in [2.24, 2.45) is 0 Å². The summed E-state index contributed by atoms with van der Waals surface area (Å²) in [6.45, 7) is 1.96. The summed E-state index contributed by atoms with van der Waals surface area (Å²) in [4.78, 5) is 18.3. The molecule has 0 saturated carbocycles. The van der Waals surface area contributed by atoms with Crippen molar-refractivity contribution < 1.29 is 0 Å². The standard InChI is InChI=1S/C24H17N9/c1-15-5-4-6-20(28-15)24-17(13-27-31-24)18-8-9-19-21(29-18)11-16(12-26-19)22-14-33(32-30-22)23-7-2-3-10-25-23/h2-14H,1H3,(H,27,31). The highest BCUT2D eigenvalue weighted by Gasteiger charge is 2.14. The minimum absolute atomic E-state index is 0.690. The summed E-state index contributed by atoms with van der Waals surface area (Å²) in [5.74, 6) is 0.697. The monoisotopic (exact) mass is 431 g/mol. The molecule has 33 heavy (non-hydrogen) atoms. The van der Waals surface area contributed by atoms with Crippen LogP contribution >= 0.6 is 0 Å². The molecule has 6 heterocycles. The maximum atomic E-state index is 4.86. The van der Waals surface area contributed by atoms with Gasteiger partial charge >= 0.3 is 0 Å². The number of H-pyrrole nitrogens is 1. The highest BCUT2D eigenvalue weighted by molar-refractivity contribution is 5.84. The number of hydrogen-bond donors (Lipinski definition) is 1. The van der Waals surface area contributed by atoms with E-state index in [4.69, 9.17) is 4.98 Å². The molecule has 0 atom stereocenters. The molecule has 0 amide bonds. The first-order valence-corrected chi connectivity index (χ1v) is 10.3. The predicted molar refractivity (Wildman–Crippen MR) is 123 cm³/mol. The molecule has 9 nitrogen and oxygen atoms in total. The highest BCUT2D eigenvalue weighted by atomic mass is 15.4. The molecule has 158 valence electrons. The first kappa shape index (κ1) is 18.9. The Morgan fingerprint density at radius 1 is 0.848 bits per heavy atom. The molecule has 9 heteroatoms. The minimum Gasteiger partial charge on any atom is -0.284 e. The van der Waals surface area contributed by atoms with Crippen LogP contribution in [0.3, 0.4) is 0 Å². The van der Waals surface area contributed by atoms with Crippen molar-refractivity contribution in [1.29, 1.82) is 0 Å². The number of aryl methyl sites for hydroxylation is 1. The molecule has 0 aliphatic rings. The number of hydrogen-bond acceptors (Lipinski definition) is 7. The van der Waals surface area contributed by atoms with Crippen LogP contribution in [0.1, 0.15) is 5.69 Å². The molecule has 0 radical (unpaired) electrons. The van der Waals surface area contributed by atoms with Crippen LogP contribution in [0.2, 0.25) is 0 Å². The van der Waals surface area contributed by atoms with Crippen LogP contribution in [-0.2, 0) is 0 Å². The van der Waals surface area contributed by atoms with Crippen LogP contribution in [-0.4, -0.2) is 45.1 Å². The number of pyridine rings is 4. The van der Waals surface area contributed by atoms with Crippen LogP contribution < -0.4 is 0 Å². The van der Waals surface area contributed by atoms with E-state index in [1.807, 2.05) is 73.9 Å². The third-order valence-electron chi connectivity index (χ3n) is 5.26. The van der Waals surface area contributed by atoms with Gasteiger partial charge in [0.1, 0.15) is 11.4 Å². The van der Waals surface area contributed by atoms with Gasteiger partial charge < -0.3 is 0 Å². The molecular formula is C24H17N9. The molecule has 0 saturated heterocycles. The van der Waals surface area contributed by atoms with Crippen LogP contribution in [0.5, 0.6) is 0 Å². The van der Waals surface area contributed by atoms with Crippen LogP contribution in [0.4, 0.5) is 0 Å². The van der Waals surface area contributed by atoms with E-state index < -0.39 is 0 Å². The smallest absolute Gasteiger partial charge is 0.155 e. The molecule has 6 aromatic rings. The Morgan fingerprint density at radius 3 is 2.70 bits per heavy atom. The third-order valence-corrected chi connectivity index (χ3v) is 5.26. The van der Waals surface area contributed by atoms with Gasteiger partial charge in [-0.05, 0) is 49.4 Å². The van der Waals surface area contributed by atoms with E-state index in [-0.39, 0.29) is 0 Å². The van der Waals surface area contributed by atoms with Gasteiger partial charge in [0.25, 0.3) is 0 Å². The minimum atomic E-state index is 0.690. The fourth-order valence-corrected chi connectivity index (χ4v) is 3.65. The van der Waals surface area contributed by atoms with Gasteiger partial charge in [0.2, 0.25) is 0 Å². The van der Waals surface area contributed by atoms with Gasteiger partial charge in [-0.2, -0.15) is 5.10 Å². The number of aromatic amines is 1. The number of rotatable bonds is 4. The number of fused-ring (bicyclic) bond motifs is 1. The second-order valence-corrected chi connectivity index (χ2v) is 7.51. The van der Waals surface area contributed by atoms with E-state index in [9.17, 15) is 0 Å². The van der Waals surface area contributed by atoms with Gasteiger partial charge in [0.15, 0.2) is 5.82 Å². The molecule has 1 N–H and O–H groups in total. The Bertz CT molecular complexity index is 1580. The SMILES string of the molecule is Cc1cccc(-c2n[nH]cc2-c2ccc3ncc(-c4cn(-c5ccccn5)nn4)cc3n2)n1. The molecule has 0 bridgehead atoms. The fourth-order valence-electron chi connectivity index (χ4n) is 3.65. The van der Waals surface area contributed by atoms with Gasteiger partial charge in [0, 0.05) is 35.4 Å². The van der Waals surface area contributed by atoms with Crippen molar-refractivity contribution in [3.05, 3.63) is 85.1 Å². The summed E-state index contributed by atoms with van der Waals surface area (Å²) in [7, 11) is 0. The van der Waals surface area contributed by atoms with Crippen molar-refractivity contribution in [2.75, 3.05) is 0 Å². The first-order valence-electron chi connectivity index (χ1n) is 10.3. The van der Waals surface area contributed by atoms with Crippen molar-refractivity contribution in [1.82, 2.24) is 45.1 Å². The summed E-state index contributed by atoms with van der Waals surface area (Å²) in [5, 5.41) is 15.8. The maximum absolute atomic E-state index is 4.86. The number of aromatic nitrogens is 9. The van der Waals surface area contributed by atoms with Crippen molar-refractivity contribution in [3.63, 3.8) is 0 Å². The molecular weight excluding hydrogens is 414 g/mol. The maximum Gasteiger partial charge on any atom is 0.155 e. The zero-order valence-electron chi connectivity index (χ0n) is 17.6. The van der Waals surface area contributed by atoms with E-state index in [1.54, 1.807) is 17.1 Å². The summed E-state index contributed by atoms with van der Waals surface area (Å²) >= 11 is 0. The van der Waals surface area contributed by atoms with Crippen LogP contribution in [0.15, 0.2) is 79.4 Å². The second kappa shape index (κ2) is 7.72. The topological polar surface area (TPSA) is 111 Å². The lowest BCUT2D eigenvalue weighted by Gasteiger charge is -2.05. The highest BCUT2D eigenvalue weighted by Crippen LogP contribution is 2.29. The first-order chi connectivity index (χ1) is 16.2. The molecule has 0 fully saturated rings. The summed E-state index contributed by atoms with van der Waals surface area (Å²) in [6.07, 6.45) is 7.16. The average molecular weight is 431 g/mol. The Hall–Kier alpha value is -4.79. The molecule has 6 aromatic heterocycles. The molecule has 0 spiro atoms. The van der Waals surface area contributed by atoms with Crippen molar-refractivity contribution in [3.8, 4) is 39.7 Å². The molecule has 0 aromatic carbocycles. The quantitative estimate of drug-likeness (QED) is 0.448. The zero-order chi connectivity index (χ0) is 22.2. The van der Waals surface area contributed by atoms with Gasteiger partial charge in [-0.25, -0.2) is 14.6 Å². The molecule has 0 aliphatic heterocycles. The van der Waals surface area contributed by atoms with Crippen molar-refractivity contribution in [2.45, 2.75) is 6.92 Å². The average Bonchev–Trinajstić information content (AvgIpc) is 3.54. The predicted octanol–water partition coefficient (Wildman–Crippen LogP) is 4.03. The zero-order valence-corrected chi connectivity index (χ0v) is 17.6. The fraction of sp³-hybridized carbons (Fsp3) is 0.0417. The normalized spacial score (nSPS) is 11.2. The van der Waals surface area contributed by atoms with Crippen molar-refractivity contribution >= 4 is 11.0 Å². The molecule has 0 aliphatic carbocycles. The van der Waals surface area contributed by atoms with Gasteiger partial charge in [-0.15, -0.1) is 5.10 Å². The van der Waals surface area contributed by atoms with Gasteiger partial charge in [-0.1, -0.05) is 17.3 Å². The number of nitrogens with zero attached hydrogens (tertiary/aromatic N) is 8. The van der Waals surface area contributed by atoms with E-state index in [2.05, 4.69) is 35.5 Å². The third kappa shape index (κ3) is 3.51. The van der Waals surface area contributed by atoms with E-state index in [1.165, 1.54) is 0 Å². The van der Waals surface area contributed by atoms with Crippen LogP contribution in [0.25, 0.3) is 50.8 Å². The lowest BCUT2D eigenvalue weighted by molar-refractivity contribution is 0.782. The van der Waals surface area contributed by atoms with Gasteiger partial charge in [0.05, 0.1) is 28.6 Å². The Labute approximate surface area is 188 Å². The van der Waals surface area contributed by atoms with E-state index in [0.29, 0.717) is 11.5 Å². The van der Waals surface area contributed by atoms with E-state index in [0.717, 1.165) is 44.9 Å². The largest absolute Gasteiger partial charge is 0.284 e. The van der Waals surface area contributed by atoms with E-state index >= 15 is 0 Å².